The molecular weight excluding hydrogens is 310 g/mol. The van der Waals surface area contributed by atoms with Gasteiger partial charge in [0, 0.05) is 37.1 Å². The van der Waals surface area contributed by atoms with Crippen LogP contribution in [0.2, 0.25) is 0 Å². The molecule has 2 aromatic rings. The van der Waals surface area contributed by atoms with E-state index in [1.807, 2.05) is 24.8 Å². The molecule has 2 aromatic heterocycles. The van der Waals surface area contributed by atoms with Gasteiger partial charge < -0.3 is 18.6 Å². The number of carbonyl (C=O) groups is 1. The van der Waals surface area contributed by atoms with Crippen molar-refractivity contribution in [2.75, 3.05) is 19.7 Å². The summed E-state index contributed by atoms with van der Waals surface area (Å²) in [6.07, 6.45) is 3.35. The van der Waals surface area contributed by atoms with Crippen LogP contribution in [0, 0.1) is 19.8 Å². The summed E-state index contributed by atoms with van der Waals surface area (Å²) in [7, 11) is 0. The standard InChI is InChI=1S/C17H21N3O4/c1-10-4-7-23-15(10)17(21)20-6-3-14-13(9-20)12(5-8-22-14)16-18-11(2)19-24-16/h4,7,12-14H,3,5-6,8-9H2,1-2H3/t12-,13-,14-/m1/s1. The molecule has 3 atom stereocenters. The lowest BCUT2D eigenvalue weighted by atomic mass is 9.79. The molecule has 7 heteroatoms. The minimum Gasteiger partial charge on any atom is -0.459 e. The second-order valence-corrected chi connectivity index (χ2v) is 6.62. The minimum atomic E-state index is -0.0537. The normalized spacial score (nSPS) is 27.1. The summed E-state index contributed by atoms with van der Waals surface area (Å²) in [5, 5.41) is 3.91. The van der Waals surface area contributed by atoms with Crippen LogP contribution in [-0.4, -0.2) is 46.7 Å². The van der Waals surface area contributed by atoms with Crippen molar-refractivity contribution in [3.63, 3.8) is 0 Å². The van der Waals surface area contributed by atoms with E-state index in [-0.39, 0.29) is 23.8 Å². The fraction of sp³-hybridized carbons (Fsp3) is 0.588. The van der Waals surface area contributed by atoms with Crippen LogP contribution in [0.5, 0.6) is 0 Å². The molecule has 24 heavy (non-hydrogen) atoms. The highest BCUT2D eigenvalue weighted by Crippen LogP contribution is 2.39. The number of ether oxygens (including phenoxy) is 1. The van der Waals surface area contributed by atoms with Crippen molar-refractivity contribution in [3.8, 4) is 0 Å². The first-order chi connectivity index (χ1) is 11.6. The van der Waals surface area contributed by atoms with Gasteiger partial charge in [0.2, 0.25) is 5.89 Å². The number of aryl methyl sites for hydroxylation is 2. The van der Waals surface area contributed by atoms with Crippen LogP contribution in [0.4, 0.5) is 0 Å². The third kappa shape index (κ3) is 2.62. The number of piperidine rings is 1. The summed E-state index contributed by atoms with van der Waals surface area (Å²) < 4.78 is 16.7. The van der Waals surface area contributed by atoms with E-state index in [9.17, 15) is 4.79 Å². The maximum Gasteiger partial charge on any atom is 0.289 e. The Bertz CT molecular complexity index is 738. The quantitative estimate of drug-likeness (QED) is 0.840. The summed E-state index contributed by atoms with van der Waals surface area (Å²) in [6.45, 7) is 5.70. The van der Waals surface area contributed by atoms with Crippen LogP contribution in [0.15, 0.2) is 21.3 Å². The highest BCUT2D eigenvalue weighted by molar-refractivity contribution is 5.92. The summed E-state index contributed by atoms with van der Waals surface area (Å²) >= 11 is 0. The van der Waals surface area contributed by atoms with E-state index in [0.29, 0.717) is 37.2 Å². The molecule has 7 nitrogen and oxygen atoms in total. The van der Waals surface area contributed by atoms with Crippen LogP contribution in [-0.2, 0) is 4.74 Å². The van der Waals surface area contributed by atoms with Gasteiger partial charge in [0.05, 0.1) is 12.4 Å². The number of aromatic nitrogens is 2. The van der Waals surface area contributed by atoms with Crippen molar-refractivity contribution in [2.24, 2.45) is 5.92 Å². The van der Waals surface area contributed by atoms with Gasteiger partial charge in [-0.3, -0.25) is 4.79 Å². The molecule has 4 heterocycles. The molecule has 0 aliphatic carbocycles. The molecule has 0 bridgehead atoms. The van der Waals surface area contributed by atoms with E-state index in [1.54, 1.807) is 6.26 Å². The molecule has 0 aromatic carbocycles. The van der Waals surface area contributed by atoms with Gasteiger partial charge in [0.25, 0.3) is 5.91 Å². The molecule has 2 saturated heterocycles. The fourth-order valence-corrected chi connectivity index (χ4v) is 3.80. The van der Waals surface area contributed by atoms with Crippen LogP contribution < -0.4 is 0 Å². The summed E-state index contributed by atoms with van der Waals surface area (Å²) in [5.74, 6) is 1.99. The molecule has 0 saturated carbocycles. The van der Waals surface area contributed by atoms with Crippen molar-refractivity contribution in [3.05, 3.63) is 35.4 Å². The predicted molar refractivity (Wildman–Crippen MR) is 83.6 cm³/mol. The number of furan rings is 1. The number of amides is 1. The van der Waals surface area contributed by atoms with Gasteiger partial charge in [0.15, 0.2) is 11.6 Å². The molecular formula is C17H21N3O4. The Balaban J connectivity index is 1.56. The molecule has 2 aliphatic heterocycles. The van der Waals surface area contributed by atoms with Gasteiger partial charge in [-0.25, -0.2) is 0 Å². The van der Waals surface area contributed by atoms with E-state index < -0.39 is 0 Å². The van der Waals surface area contributed by atoms with Crippen molar-refractivity contribution >= 4 is 5.91 Å². The number of rotatable bonds is 2. The van der Waals surface area contributed by atoms with Crippen molar-refractivity contribution < 1.29 is 18.5 Å². The maximum atomic E-state index is 12.7. The molecule has 0 radical (unpaired) electrons. The molecule has 0 unspecified atom stereocenters. The van der Waals surface area contributed by atoms with E-state index in [2.05, 4.69) is 10.1 Å². The second kappa shape index (κ2) is 6.05. The van der Waals surface area contributed by atoms with Gasteiger partial charge in [-0.05, 0) is 32.8 Å². The topological polar surface area (TPSA) is 81.6 Å². The molecule has 2 fully saturated rings. The Morgan fingerprint density at radius 3 is 2.92 bits per heavy atom. The number of fused-ring (bicyclic) bond motifs is 1. The van der Waals surface area contributed by atoms with Crippen molar-refractivity contribution in [1.82, 2.24) is 15.0 Å². The van der Waals surface area contributed by atoms with Gasteiger partial charge in [-0.1, -0.05) is 5.16 Å². The monoisotopic (exact) mass is 331 g/mol. The highest BCUT2D eigenvalue weighted by atomic mass is 16.5. The Kier molecular flexibility index (Phi) is 3.88. The largest absolute Gasteiger partial charge is 0.459 e. The maximum absolute atomic E-state index is 12.7. The third-order valence-corrected chi connectivity index (χ3v) is 5.07. The SMILES string of the molecule is Cc1noc([C@@H]2CCO[C@@H]3CCN(C(=O)c4occc4C)C[C@@H]32)n1. The number of carbonyl (C=O) groups excluding carboxylic acids is 1. The first-order valence-electron chi connectivity index (χ1n) is 8.38. The predicted octanol–water partition coefficient (Wildman–Crippen LogP) is 2.31. The smallest absolute Gasteiger partial charge is 0.289 e. The lowest BCUT2D eigenvalue weighted by Crippen LogP contribution is -2.51. The van der Waals surface area contributed by atoms with Crippen molar-refractivity contribution in [1.29, 1.82) is 0 Å². The van der Waals surface area contributed by atoms with E-state index in [0.717, 1.165) is 18.4 Å². The Labute approximate surface area is 140 Å². The van der Waals surface area contributed by atoms with Gasteiger partial charge in [-0.2, -0.15) is 4.98 Å². The van der Waals surface area contributed by atoms with Crippen LogP contribution in [0.25, 0.3) is 0 Å². The third-order valence-electron chi connectivity index (χ3n) is 5.07. The zero-order valence-corrected chi connectivity index (χ0v) is 13.9. The molecule has 0 N–H and O–H groups in total. The van der Waals surface area contributed by atoms with Gasteiger partial charge in [0.1, 0.15) is 0 Å². The Morgan fingerprint density at radius 2 is 2.21 bits per heavy atom. The lowest BCUT2D eigenvalue weighted by Gasteiger charge is -2.43. The number of hydrogen-bond acceptors (Lipinski definition) is 6. The second-order valence-electron chi connectivity index (χ2n) is 6.62. The fourth-order valence-electron chi connectivity index (χ4n) is 3.80. The molecule has 2 aliphatic rings. The number of nitrogens with zero attached hydrogens (tertiary/aromatic N) is 3. The number of likely N-dealkylation sites (tertiary alicyclic amines) is 1. The Hall–Kier alpha value is -2.15. The number of hydrogen-bond donors (Lipinski definition) is 0. The molecule has 4 rings (SSSR count). The summed E-state index contributed by atoms with van der Waals surface area (Å²) in [4.78, 5) is 19.0. The van der Waals surface area contributed by atoms with Gasteiger partial charge >= 0.3 is 0 Å². The average Bonchev–Trinajstić information content (AvgIpc) is 3.21. The minimum absolute atomic E-state index is 0.0537. The highest BCUT2D eigenvalue weighted by Gasteiger charge is 2.43. The van der Waals surface area contributed by atoms with Gasteiger partial charge in [-0.15, -0.1) is 0 Å². The van der Waals surface area contributed by atoms with Crippen LogP contribution >= 0.6 is 0 Å². The Morgan fingerprint density at radius 1 is 1.33 bits per heavy atom. The molecule has 128 valence electrons. The van der Waals surface area contributed by atoms with E-state index in [4.69, 9.17) is 13.7 Å². The summed E-state index contributed by atoms with van der Waals surface area (Å²) in [5.41, 5.74) is 0.867. The first-order valence-corrected chi connectivity index (χ1v) is 8.38. The zero-order chi connectivity index (χ0) is 16.7. The van der Waals surface area contributed by atoms with Crippen molar-refractivity contribution in [2.45, 2.75) is 38.7 Å². The van der Waals surface area contributed by atoms with E-state index >= 15 is 0 Å². The van der Waals surface area contributed by atoms with Crippen LogP contribution in [0.1, 0.15) is 46.6 Å². The lowest BCUT2D eigenvalue weighted by molar-refractivity contribution is -0.0759. The molecule has 1 amide bonds. The zero-order valence-electron chi connectivity index (χ0n) is 13.9. The van der Waals surface area contributed by atoms with Crippen LogP contribution in [0.3, 0.4) is 0 Å². The average molecular weight is 331 g/mol. The molecule has 0 spiro atoms. The van der Waals surface area contributed by atoms with E-state index in [1.165, 1.54) is 0 Å². The summed E-state index contributed by atoms with van der Waals surface area (Å²) in [6, 6.07) is 1.81. The first kappa shape index (κ1) is 15.4.